The molecule has 3 rings (SSSR count). The highest BCUT2D eigenvalue weighted by atomic mass is 16.5. The molecule has 0 aliphatic heterocycles. The third kappa shape index (κ3) is 2.10. The molecule has 1 heterocycles. The average molecular weight is 259 g/mol. The van der Waals surface area contributed by atoms with Crippen LogP contribution in [0.15, 0.2) is 18.2 Å². The van der Waals surface area contributed by atoms with Crippen molar-refractivity contribution in [1.29, 1.82) is 0 Å². The Balaban J connectivity index is 1.94. The first kappa shape index (κ1) is 12.5. The maximum Gasteiger partial charge on any atom is 0.109 e. The number of nitrogens with zero attached hydrogens (tertiary/aromatic N) is 2. The predicted molar refractivity (Wildman–Crippen MR) is 77.2 cm³/mol. The number of rotatable bonds is 4. The highest BCUT2D eigenvalue weighted by Crippen LogP contribution is 2.38. The predicted octanol–water partition coefficient (Wildman–Crippen LogP) is 2.92. The van der Waals surface area contributed by atoms with Crippen LogP contribution in [-0.4, -0.2) is 22.3 Å². The van der Waals surface area contributed by atoms with E-state index in [4.69, 9.17) is 15.5 Å². The topological polar surface area (TPSA) is 53.1 Å². The van der Waals surface area contributed by atoms with Gasteiger partial charge in [-0.05, 0) is 38.0 Å². The number of fused-ring (bicyclic) bond motifs is 1. The van der Waals surface area contributed by atoms with Gasteiger partial charge in [0.15, 0.2) is 0 Å². The fourth-order valence-electron chi connectivity index (χ4n) is 2.94. The number of hydrogen-bond acceptors (Lipinski definition) is 3. The second-order valence-electron chi connectivity index (χ2n) is 5.20. The molecule has 4 nitrogen and oxygen atoms in total. The van der Waals surface area contributed by atoms with Crippen LogP contribution < -0.4 is 5.73 Å². The van der Waals surface area contributed by atoms with Crippen LogP contribution in [0.3, 0.4) is 0 Å². The van der Waals surface area contributed by atoms with Crippen LogP contribution in [0.1, 0.15) is 38.6 Å². The van der Waals surface area contributed by atoms with Crippen molar-refractivity contribution in [3.05, 3.63) is 24.0 Å². The Bertz CT molecular complexity index is 584. The number of aromatic nitrogens is 2. The zero-order valence-corrected chi connectivity index (χ0v) is 11.6. The lowest BCUT2D eigenvalue weighted by atomic mass is 9.88. The summed E-state index contributed by atoms with van der Waals surface area (Å²) in [6.45, 7) is 5.01. The van der Waals surface area contributed by atoms with E-state index in [2.05, 4.69) is 24.5 Å². The number of aryl methyl sites for hydroxylation is 1. The van der Waals surface area contributed by atoms with Crippen molar-refractivity contribution in [2.75, 3.05) is 12.3 Å². The molecule has 1 aliphatic rings. The molecule has 1 aromatic heterocycles. The van der Waals surface area contributed by atoms with E-state index in [1.165, 1.54) is 5.52 Å². The average Bonchev–Trinajstić information content (AvgIpc) is 2.70. The number of nitrogen functional groups attached to an aromatic ring is 1. The molecular weight excluding hydrogens is 238 g/mol. The summed E-state index contributed by atoms with van der Waals surface area (Å²) in [5.41, 5.74) is 8.83. The van der Waals surface area contributed by atoms with Gasteiger partial charge in [-0.25, -0.2) is 4.98 Å². The van der Waals surface area contributed by atoms with E-state index in [0.29, 0.717) is 12.1 Å². The van der Waals surface area contributed by atoms with Gasteiger partial charge >= 0.3 is 0 Å². The molecule has 2 aromatic rings. The van der Waals surface area contributed by atoms with E-state index in [-0.39, 0.29) is 0 Å². The molecule has 1 aromatic carbocycles. The van der Waals surface area contributed by atoms with Crippen molar-refractivity contribution in [2.45, 2.75) is 45.3 Å². The summed E-state index contributed by atoms with van der Waals surface area (Å²) in [7, 11) is 0. The van der Waals surface area contributed by atoms with Crippen LogP contribution >= 0.6 is 0 Å². The lowest BCUT2D eigenvalue weighted by Crippen LogP contribution is -2.34. The molecule has 0 amide bonds. The first-order valence-electron chi connectivity index (χ1n) is 7.10. The van der Waals surface area contributed by atoms with Gasteiger partial charge < -0.3 is 15.0 Å². The molecule has 102 valence electrons. The van der Waals surface area contributed by atoms with E-state index >= 15 is 0 Å². The molecule has 4 heteroatoms. The summed E-state index contributed by atoms with van der Waals surface area (Å²) in [4.78, 5) is 4.71. The summed E-state index contributed by atoms with van der Waals surface area (Å²) < 4.78 is 8.04. The minimum absolute atomic E-state index is 0.422. The maximum absolute atomic E-state index is 5.84. The van der Waals surface area contributed by atoms with Gasteiger partial charge in [-0.2, -0.15) is 0 Å². The Hall–Kier alpha value is -1.55. The molecule has 1 fully saturated rings. The molecule has 2 N–H and O–H groups in total. The quantitative estimate of drug-likeness (QED) is 0.859. The molecule has 0 bridgehead atoms. The lowest BCUT2D eigenvalue weighted by Gasteiger charge is -2.37. The van der Waals surface area contributed by atoms with Gasteiger partial charge in [0, 0.05) is 24.8 Å². The number of benzene rings is 1. The largest absolute Gasteiger partial charge is 0.399 e. The number of imidazole rings is 1. The summed E-state index contributed by atoms with van der Waals surface area (Å²) in [5.74, 6) is 1.15. The first-order valence-corrected chi connectivity index (χ1v) is 7.10. The van der Waals surface area contributed by atoms with Gasteiger partial charge in [-0.1, -0.05) is 6.92 Å². The Labute approximate surface area is 113 Å². The second kappa shape index (κ2) is 4.85. The van der Waals surface area contributed by atoms with E-state index in [9.17, 15) is 0 Å². The molecule has 1 aliphatic carbocycles. The molecule has 0 spiro atoms. The van der Waals surface area contributed by atoms with E-state index in [0.717, 1.165) is 42.9 Å². The zero-order chi connectivity index (χ0) is 13.4. The summed E-state index contributed by atoms with van der Waals surface area (Å²) >= 11 is 0. The van der Waals surface area contributed by atoms with Crippen molar-refractivity contribution in [3.8, 4) is 0 Å². The van der Waals surface area contributed by atoms with Gasteiger partial charge in [-0.15, -0.1) is 0 Å². The maximum atomic E-state index is 5.84. The smallest absolute Gasteiger partial charge is 0.109 e. The van der Waals surface area contributed by atoms with Crippen LogP contribution in [0, 0.1) is 0 Å². The minimum Gasteiger partial charge on any atom is -0.399 e. The SMILES string of the molecule is CCOC1CC(n2c(CC)nc3cc(N)ccc32)C1. The standard InChI is InChI=1S/C15H21N3O/c1-3-15-17-13-7-10(16)5-6-14(13)18(15)11-8-12(9-11)19-4-2/h5-7,11-12H,3-4,8-9,16H2,1-2H3. The summed E-state index contributed by atoms with van der Waals surface area (Å²) in [6, 6.07) is 6.53. The van der Waals surface area contributed by atoms with E-state index in [1.54, 1.807) is 0 Å². The summed E-state index contributed by atoms with van der Waals surface area (Å²) in [5, 5.41) is 0. The number of ether oxygens (including phenoxy) is 1. The molecule has 0 atom stereocenters. The van der Waals surface area contributed by atoms with Crippen molar-refractivity contribution in [2.24, 2.45) is 0 Å². The Morgan fingerprint density at radius 1 is 1.37 bits per heavy atom. The molecule has 0 unspecified atom stereocenters. The third-order valence-corrected chi connectivity index (χ3v) is 3.94. The van der Waals surface area contributed by atoms with E-state index in [1.807, 2.05) is 12.1 Å². The normalized spacial score (nSPS) is 22.6. The van der Waals surface area contributed by atoms with Crippen LogP contribution in [0.2, 0.25) is 0 Å². The van der Waals surface area contributed by atoms with Gasteiger partial charge in [0.25, 0.3) is 0 Å². The monoisotopic (exact) mass is 259 g/mol. The van der Waals surface area contributed by atoms with Gasteiger partial charge in [0.05, 0.1) is 17.1 Å². The molecule has 1 saturated carbocycles. The van der Waals surface area contributed by atoms with Crippen LogP contribution in [-0.2, 0) is 11.2 Å². The molecule has 19 heavy (non-hydrogen) atoms. The molecule has 0 radical (unpaired) electrons. The summed E-state index contributed by atoms with van der Waals surface area (Å²) in [6.07, 6.45) is 3.56. The number of hydrogen-bond donors (Lipinski definition) is 1. The zero-order valence-electron chi connectivity index (χ0n) is 11.6. The first-order chi connectivity index (χ1) is 9.22. The van der Waals surface area contributed by atoms with Crippen LogP contribution in [0.5, 0.6) is 0 Å². The van der Waals surface area contributed by atoms with E-state index < -0.39 is 0 Å². The van der Waals surface area contributed by atoms with Gasteiger partial charge in [0.1, 0.15) is 5.82 Å². The Morgan fingerprint density at radius 2 is 2.16 bits per heavy atom. The second-order valence-corrected chi connectivity index (χ2v) is 5.20. The third-order valence-electron chi connectivity index (χ3n) is 3.94. The van der Waals surface area contributed by atoms with Crippen molar-refractivity contribution < 1.29 is 4.74 Å². The Kier molecular flexibility index (Phi) is 3.19. The van der Waals surface area contributed by atoms with Crippen LogP contribution in [0.4, 0.5) is 5.69 Å². The van der Waals surface area contributed by atoms with Crippen molar-refractivity contribution in [1.82, 2.24) is 9.55 Å². The lowest BCUT2D eigenvalue weighted by molar-refractivity contribution is -0.0193. The van der Waals surface area contributed by atoms with Gasteiger partial charge in [0.2, 0.25) is 0 Å². The fraction of sp³-hybridized carbons (Fsp3) is 0.533. The Morgan fingerprint density at radius 3 is 2.84 bits per heavy atom. The number of nitrogens with two attached hydrogens (primary N) is 1. The molecule has 0 saturated heterocycles. The minimum atomic E-state index is 0.422. The highest BCUT2D eigenvalue weighted by molar-refractivity contribution is 5.79. The van der Waals surface area contributed by atoms with Crippen molar-refractivity contribution in [3.63, 3.8) is 0 Å². The highest BCUT2D eigenvalue weighted by Gasteiger charge is 2.33. The fourth-order valence-corrected chi connectivity index (χ4v) is 2.94. The van der Waals surface area contributed by atoms with Crippen molar-refractivity contribution >= 4 is 16.7 Å². The van der Waals surface area contributed by atoms with Gasteiger partial charge in [-0.3, -0.25) is 0 Å². The van der Waals surface area contributed by atoms with Crippen LogP contribution in [0.25, 0.3) is 11.0 Å². The number of anilines is 1. The molecular formula is C15H21N3O.